The molecule has 1 amide bonds. The molecule has 0 aromatic heterocycles. The Hall–Kier alpha value is -0.810. The molecule has 1 heterocycles. The average molecular weight is 312 g/mol. The van der Waals surface area contributed by atoms with Gasteiger partial charge in [0.25, 0.3) is 0 Å². The van der Waals surface area contributed by atoms with Gasteiger partial charge in [-0.25, -0.2) is 4.79 Å². The lowest BCUT2D eigenvalue weighted by Gasteiger charge is -2.41. The third kappa shape index (κ3) is 5.43. The Morgan fingerprint density at radius 1 is 1.36 bits per heavy atom. The highest BCUT2D eigenvalue weighted by Crippen LogP contribution is 2.36. The maximum absolute atomic E-state index is 12.0. The number of carbonyl (C=O) groups excluding carboxylic acids is 1. The Balaban J connectivity index is 1.92. The summed E-state index contributed by atoms with van der Waals surface area (Å²) in [5.41, 5.74) is -0.468. The predicted octanol–water partition coefficient (Wildman–Crippen LogP) is 2.38. The number of aliphatic hydroxyl groups is 1. The number of nitrogens with zero attached hydrogens (tertiary/aromatic N) is 1. The number of nitrogens with one attached hydrogen (secondary N) is 1. The minimum absolute atomic E-state index is 0.112. The fraction of sp³-hybridized carbons (Fsp3) is 0.941. The molecular formula is C17H32N2O3. The van der Waals surface area contributed by atoms with E-state index in [-0.39, 0.29) is 18.7 Å². The number of ether oxygens (including phenoxy) is 1. The molecule has 22 heavy (non-hydrogen) atoms. The van der Waals surface area contributed by atoms with E-state index in [4.69, 9.17) is 4.74 Å². The van der Waals surface area contributed by atoms with E-state index < -0.39 is 5.60 Å². The quantitative estimate of drug-likeness (QED) is 0.818. The van der Waals surface area contributed by atoms with Crippen LogP contribution in [-0.4, -0.2) is 53.5 Å². The Bertz CT molecular complexity index is 377. The van der Waals surface area contributed by atoms with Crippen LogP contribution in [0.15, 0.2) is 0 Å². The second kappa shape index (κ2) is 7.18. The summed E-state index contributed by atoms with van der Waals surface area (Å²) in [4.78, 5) is 14.5. The molecule has 0 radical (unpaired) electrons. The average Bonchev–Trinajstić information content (AvgIpc) is 3.19. The molecule has 0 aromatic rings. The van der Waals surface area contributed by atoms with Gasteiger partial charge in [0.2, 0.25) is 0 Å². The second-order valence-corrected chi connectivity index (χ2v) is 7.99. The molecule has 0 spiro atoms. The van der Waals surface area contributed by atoms with Crippen LogP contribution in [-0.2, 0) is 4.74 Å². The molecule has 1 saturated heterocycles. The molecule has 3 atom stereocenters. The number of piperidine rings is 1. The number of aliphatic hydroxyl groups excluding tert-OH is 1. The molecule has 5 nitrogen and oxygen atoms in total. The van der Waals surface area contributed by atoms with Crippen molar-refractivity contribution < 1.29 is 14.6 Å². The molecule has 2 fully saturated rings. The van der Waals surface area contributed by atoms with E-state index in [1.807, 2.05) is 20.8 Å². The summed E-state index contributed by atoms with van der Waals surface area (Å²) < 4.78 is 5.37. The van der Waals surface area contributed by atoms with Crippen LogP contribution in [0.1, 0.15) is 53.4 Å². The molecule has 3 unspecified atom stereocenters. The third-order valence-corrected chi connectivity index (χ3v) is 4.70. The summed E-state index contributed by atoms with van der Waals surface area (Å²) in [7, 11) is 0. The highest BCUT2D eigenvalue weighted by atomic mass is 16.6. The van der Waals surface area contributed by atoms with Crippen LogP contribution in [0.5, 0.6) is 0 Å². The smallest absolute Gasteiger partial charge is 0.407 e. The summed E-state index contributed by atoms with van der Waals surface area (Å²) in [5, 5.41) is 12.3. The lowest BCUT2D eigenvalue weighted by Crippen LogP contribution is -2.54. The Morgan fingerprint density at radius 2 is 2.05 bits per heavy atom. The zero-order valence-corrected chi connectivity index (χ0v) is 14.5. The van der Waals surface area contributed by atoms with Crippen molar-refractivity contribution in [3.8, 4) is 0 Å². The maximum Gasteiger partial charge on any atom is 0.407 e. The molecule has 1 aliphatic heterocycles. The lowest BCUT2D eigenvalue weighted by molar-refractivity contribution is 0.0393. The van der Waals surface area contributed by atoms with Crippen molar-refractivity contribution in [2.24, 2.45) is 11.8 Å². The van der Waals surface area contributed by atoms with Gasteiger partial charge in [0, 0.05) is 31.8 Å². The number of hydrogen-bond acceptors (Lipinski definition) is 4. The number of alkyl carbamates (subject to hydrolysis) is 1. The molecular weight excluding hydrogens is 280 g/mol. The van der Waals surface area contributed by atoms with Crippen LogP contribution < -0.4 is 5.32 Å². The van der Waals surface area contributed by atoms with Crippen LogP contribution >= 0.6 is 0 Å². The van der Waals surface area contributed by atoms with Gasteiger partial charge in [-0.05, 0) is 65.2 Å². The van der Waals surface area contributed by atoms with Crippen molar-refractivity contribution in [1.29, 1.82) is 0 Å². The van der Waals surface area contributed by atoms with Gasteiger partial charge in [0.15, 0.2) is 0 Å². The second-order valence-electron chi connectivity index (χ2n) is 7.99. The fourth-order valence-corrected chi connectivity index (χ4v) is 3.42. The highest BCUT2D eigenvalue weighted by molar-refractivity contribution is 5.68. The molecule has 1 saturated carbocycles. The van der Waals surface area contributed by atoms with Crippen molar-refractivity contribution >= 4 is 6.09 Å². The van der Waals surface area contributed by atoms with Crippen LogP contribution in [0.4, 0.5) is 4.79 Å². The Morgan fingerprint density at radius 3 is 2.59 bits per heavy atom. The minimum atomic E-state index is -0.468. The van der Waals surface area contributed by atoms with E-state index in [1.165, 1.54) is 12.8 Å². The van der Waals surface area contributed by atoms with Crippen LogP contribution in [0.2, 0.25) is 0 Å². The molecule has 5 heteroatoms. The number of likely N-dealkylation sites (tertiary alicyclic amines) is 1. The van der Waals surface area contributed by atoms with Gasteiger partial charge >= 0.3 is 6.09 Å². The maximum atomic E-state index is 12.0. The topological polar surface area (TPSA) is 61.8 Å². The summed E-state index contributed by atoms with van der Waals surface area (Å²) in [6.07, 6.45) is 4.05. The minimum Gasteiger partial charge on any atom is -0.444 e. The third-order valence-electron chi connectivity index (χ3n) is 4.70. The first-order chi connectivity index (χ1) is 10.3. The van der Waals surface area contributed by atoms with E-state index >= 15 is 0 Å². The van der Waals surface area contributed by atoms with Gasteiger partial charge in [-0.15, -0.1) is 0 Å². The first-order valence-corrected chi connectivity index (χ1v) is 8.63. The van der Waals surface area contributed by atoms with Gasteiger partial charge < -0.3 is 15.2 Å². The fourth-order valence-electron chi connectivity index (χ4n) is 3.42. The number of carbonyl (C=O) groups is 1. The standard InChI is InChI=1S/C17H32N2O3/c1-12(14-5-6-14)19-10-13(7-8-20)9-15(11-19)18-16(21)22-17(2,3)4/h12-15,20H,5-11H2,1-4H3,(H,18,21). The SMILES string of the molecule is CC(C1CC1)N1CC(CCO)CC(NC(=O)OC(C)(C)C)C1. The molecule has 2 aliphatic rings. The summed E-state index contributed by atoms with van der Waals surface area (Å²) in [6.45, 7) is 10.1. The van der Waals surface area contributed by atoms with Gasteiger partial charge in [0.05, 0.1) is 0 Å². The Labute approximate surface area is 134 Å². The van der Waals surface area contributed by atoms with Crippen molar-refractivity contribution in [2.45, 2.75) is 71.1 Å². The molecule has 2 N–H and O–H groups in total. The summed E-state index contributed by atoms with van der Waals surface area (Å²) in [5.74, 6) is 1.26. The number of hydrogen-bond donors (Lipinski definition) is 2. The number of amides is 1. The van der Waals surface area contributed by atoms with E-state index in [2.05, 4.69) is 17.1 Å². The molecule has 2 rings (SSSR count). The zero-order chi connectivity index (χ0) is 16.3. The monoisotopic (exact) mass is 312 g/mol. The van der Waals surface area contributed by atoms with Crippen molar-refractivity contribution in [2.75, 3.05) is 19.7 Å². The van der Waals surface area contributed by atoms with Crippen molar-refractivity contribution in [3.63, 3.8) is 0 Å². The summed E-state index contributed by atoms with van der Waals surface area (Å²) >= 11 is 0. The first-order valence-electron chi connectivity index (χ1n) is 8.63. The van der Waals surface area contributed by atoms with Crippen LogP contribution in [0, 0.1) is 11.8 Å². The van der Waals surface area contributed by atoms with Crippen molar-refractivity contribution in [3.05, 3.63) is 0 Å². The van der Waals surface area contributed by atoms with E-state index in [0.29, 0.717) is 12.0 Å². The van der Waals surface area contributed by atoms with Gasteiger partial charge in [-0.1, -0.05) is 0 Å². The van der Waals surface area contributed by atoms with E-state index in [9.17, 15) is 9.90 Å². The van der Waals surface area contributed by atoms with Crippen LogP contribution in [0.3, 0.4) is 0 Å². The van der Waals surface area contributed by atoms with Crippen molar-refractivity contribution in [1.82, 2.24) is 10.2 Å². The van der Waals surface area contributed by atoms with Gasteiger partial charge in [0.1, 0.15) is 5.60 Å². The van der Waals surface area contributed by atoms with Gasteiger partial charge in [-0.2, -0.15) is 0 Å². The molecule has 0 aromatic carbocycles. The zero-order valence-electron chi connectivity index (χ0n) is 14.5. The lowest BCUT2D eigenvalue weighted by atomic mass is 9.90. The van der Waals surface area contributed by atoms with E-state index in [0.717, 1.165) is 31.8 Å². The first kappa shape index (κ1) is 17.5. The van der Waals surface area contributed by atoms with Crippen LogP contribution in [0.25, 0.3) is 0 Å². The largest absolute Gasteiger partial charge is 0.444 e. The molecule has 1 aliphatic carbocycles. The Kier molecular flexibility index (Phi) is 5.72. The molecule has 128 valence electrons. The van der Waals surface area contributed by atoms with Gasteiger partial charge in [-0.3, -0.25) is 4.90 Å². The number of rotatable bonds is 5. The molecule has 0 bridgehead atoms. The highest BCUT2D eigenvalue weighted by Gasteiger charge is 2.37. The van der Waals surface area contributed by atoms with E-state index in [1.54, 1.807) is 0 Å². The summed E-state index contributed by atoms with van der Waals surface area (Å²) in [6, 6.07) is 0.686. The predicted molar refractivity (Wildman–Crippen MR) is 86.7 cm³/mol. The normalized spacial score (nSPS) is 28.2.